The zero-order chi connectivity index (χ0) is 15.6. The second kappa shape index (κ2) is 5.96. The zero-order valence-electron chi connectivity index (χ0n) is 11.7. The van der Waals surface area contributed by atoms with Crippen molar-refractivity contribution < 1.29 is 13.3 Å². The maximum atomic E-state index is 12.7. The Morgan fingerprint density at radius 2 is 1.95 bits per heavy atom. The Balaban J connectivity index is 2.43. The second-order valence-corrected chi connectivity index (χ2v) is 6.95. The van der Waals surface area contributed by atoms with E-state index in [1.165, 1.54) is 10.4 Å². The molecule has 0 amide bonds. The van der Waals surface area contributed by atoms with Crippen LogP contribution in [0.1, 0.15) is 6.42 Å². The van der Waals surface area contributed by atoms with Gasteiger partial charge in [0, 0.05) is 31.4 Å². The fourth-order valence-corrected chi connectivity index (χ4v) is 3.95. The Labute approximate surface area is 123 Å². The summed E-state index contributed by atoms with van der Waals surface area (Å²) in [6.45, 7) is 2.05. The average molecular weight is 314 g/mol. The number of nitro groups is 1. The van der Waals surface area contributed by atoms with Crippen LogP contribution >= 0.6 is 0 Å². The van der Waals surface area contributed by atoms with E-state index < -0.39 is 20.6 Å². The highest BCUT2D eigenvalue weighted by molar-refractivity contribution is 7.89. The molecular weight excluding hydrogens is 296 g/mol. The third-order valence-corrected chi connectivity index (χ3v) is 5.40. The van der Waals surface area contributed by atoms with Crippen molar-refractivity contribution in [2.24, 2.45) is 0 Å². The molecule has 0 unspecified atom stereocenters. The minimum absolute atomic E-state index is 0.186. The summed E-state index contributed by atoms with van der Waals surface area (Å²) >= 11 is 0. The van der Waals surface area contributed by atoms with Gasteiger partial charge in [-0.05, 0) is 32.1 Å². The Hall–Kier alpha value is -1.71. The molecule has 1 saturated heterocycles. The molecule has 9 heteroatoms. The molecule has 1 heterocycles. The lowest BCUT2D eigenvalue weighted by atomic mass is 10.3. The number of nitrogen functional groups attached to an aromatic ring is 1. The molecule has 0 saturated carbocycles. The molecule has 8 nitrogen and oxygen atoms in total. The highest BCUT2D eigenvalue weighted by Crippen LogP contribution is 2.29. The fraction of sp³-hybridized carbons (Fsp3) is 0.500. The number of anilines is 1. The lowest BCUT2D eigenvalue weighted by Crippen LogP contribution is -2.34. The van der Waals surface area contributed by atoms with E-state index in [2.05, 4.69) is 0 Å². The Bertz CT molecular complexity index is 647. The van der Waals surface area contributed by atoms with Gasteiger partial charge >= 0.3 is 0 Å². The Morgan fingerprint density at radius 1 is 1.24 bits per heavy atom. The topological polar surface area (TPSA) is 110 Å². The normalized spacial score (nSPS) is 18.3. The third kappa shape index (κ3) is 3.31. The van der Waals surface area contributed by atoms with E-state index in [1.54, 1.807) is 0 Å². The molecule has 21 heavy (non-hydrogen) atoms. The number of nitro benzene ring substituents is 1. The second-order valence-electron chi connectivity index (χ2n) is 5.05. The van der Waals surface area contributed by atoms with Gasteiger partial charge in [-0.3, -0.25) is 10.1 Å². The van der Waals surface area contributed by atoms with Crippen LogP contribution in [0.3, 0.4) is 0 Å². The summed E-state index contributed by atoms with van der Waals surface area (Å²) in [7, 11) is -2.01. The molecule has 116 valence electrons. The first kappa shape index (κ1) is 15.7. The first-order valence-electron chi connectivity index (χ1n) is 6.55. The van der Waals surface area contributed by atoms with E-state index in [9.17, 15) is 18.5 Å². The van der Waals surface area contributed by atoms with Crippen molar-refractivity contribution in [3.8, 4) is 0 Å². The van der Waals surface area contributed by atoms with Gasteiger partial charge < -0.3 is 10.6 Å². The van der Waals surface area contributed by atoms with Gasteiger partial charge in [0.05, 0.1) is 4.92 Å². The Kier molecular flexibility index (Phi) is 4.45. The van der Waals surface area contributed by atoms with Crippen molar-refractivity contribution in [2.45, 2.75) is 11.3 Å². The molecule has 1 aromatic carbocycles. The van der Waals surface area contributed by atoms with Crippen molar-refractivity contribution in [1.29, 1.82) is 0 Å². The van der Waals surface area contributed by atoms with Crippen molar-refractivity contribution in [3.05, 3.63) is 28.3 Å². The number of hydrogen-bond acceptors (Lipinski definition) is 6. The van der Waals surface area contributed by atoms with Gasteiger partial charge in [0.25, 0.3) is 5.69 Å². The Morgan fingerprint density at radius 3 is 2.62 bits per heavy atom. The monoisotopic (exact) mass is 314 g/mol. The first-order valence-corrected chi connectivity index (χ1v) is 7.99. The summed E-state index contributed by atoms with van der Waals surface area (Å²) in [5.74, 6) is 0. The number of likely N-dealkylation sites (N-methyl/N-ethyl adjacent to an activating group) is 1. The molecule has 1 aliphatic heterocycles. The predicted molar refractivity (Wildman–Crippen MR) is 78.4 cm³/mol. The van der Waals surface area contributed by atoms with Gasteiger partial charge in [0.1, 0.15) is 0 Å². The van der Waals surface area contributed by atoms with Gasteiger partial charge in [-0.2, -0.15) is 4.31 Å². The van der Waals surface area contributed by atoms with Gasteiger partial charge in [-0.1, -0.05) is 0 Å². The van der Waals surface area contributed by atoms with E-state index in [4.69, 9.17) is 5.73 Å². The van der Waals surface area contributed by atoms with Crippen molar-refractivity contribution in [3.63, 3.8) is 0 Å². The molecule has 0 spiro atoms. The van der Waals surface area contributed by atoms with Crippen LogP contribution in [0.4, 0.5) is 11.4 Å². The van der Waals surface area contributed by atoms with Crippen molar-refractivity contribution in [1.82, 2.24) is 9.21 Å². The van der Waals surface area contributed by atoms with Crippen molar-refractivity contribution in [2.75, 3.05) is 39.0 Å². The molecule has 1 aromatic rings. The van der Waals surface area contributed by atoms with Crippen molar-refractivity contribution >= 4 is 21.4 Å². The van der Waals surface area contributed by atoms with Gasteiger partial charge in [0.2, 0.25) is 10.0 Å². The highest BCUT2D eigenvalue weighted by Gasteiger charge is 2.32. The van der Waals surface area contributed by atoms with Crippen LogP contribution in [0.5, 0.6) is 0 Å². The summed E-state index contributed by atoms with van der Waals surface area (Å²) in [4.78, 5) is 12.1. The first-order chi connectivity index (χ1) is 9.82. The van der Waals surface area contributed by atoms with Crippen LogP contribution in [0.25, 0.3) is 0 Å². The fourth-order valence-electron chi connectivity index (χ4n) is 2.29. The summed E-state index contributed by atoms with van der Waals surface area (Å²) in [5.41, 5.74) is 5.34. The minimum Gasteiger partial charge on any atom is -0.399 e. The molecule has 0 atom stereocenters. The summed E-state index contributed by atoms with van der Waals surface area (Å²) < 4.78 is 26.6. The predicted octanol–water partition coefficient (Wildman–Crippen LogP) is 0.503. The van der Waals surface area contributed by atoms with Gasteiger partial charge in [-0.15, -0.1) is 0 Å². The minimum atomic E-state index is -3.92. The standard InChI is InChI=1S/C12H18N4O4S/c1-14-5-2-6-15(8-7-14)21(19,20)12-9-10(13)3-4-11(12)16(17)18/h3-4,9H,2,5-8,13H2,1H3. The van der Waals surface area contributed by atoms with E-state index in [0.29, 0.717) is 26.1 Å². The molecule has 0 bridgehead atoms. The highest BCUT2D eigenvalue weighted by atomic mass is 32.2. The van der Waals surface area contributed by atoms with Crippen LogP contribution in [0.2, 0.25) is 0 Å². The van der Waals surface area contributed by atoms with Gasteiger partial charge in [0.15, 0.2) is 4.90 Å². The van der Waals surface area contributed by atoms with Crippen LogP contribution in [-0.4, -0.2) is 55.8 Å². The summed E-state index contributed by atoms with van der Waals surface area (Å²) in [6.07, 6.45) is 0.686. The van der Waals surface area contributed by atoms with Crippen LogP contribution < -0.4 is 5.73 Å². The lowest BCUT2D eigenvalue weighted by molar-refractivity contribution is -0.387. The molecule has 2 rings (SSSR count). The molecule has 1 fully saturated rings. The maximum Gasteiger partial charge on any atom is 0.289 e. The lowest BCUT2D eigenvalue weighted by Gasteiger charge is -2.20. The molecule has 0 radical (unpaired) electrons. The molecule has 1 aliphatic rings. The number of nitrogens with zero attached hydrogens (tertiary/aromatic N) is 3. The zero-order valence-corrected chi connectivity index (χ0v) is 12.5. The molecule has 0 aliphatic carbocycles. The molecule has 2 N–H and O–H groups in total. The molecule has 0 aromatic heterocycles. The number of rotatable bonds is 3. The number of nitrogens with two attached hydrogens (primary N) is 1. The number of benzene rings is 1. The summed E-state index contributed by atoms with van der Waals surface area (Å²) in [6, 6.07) is 3.61. The van der Waals surface area contributed by atoms with E-state index in [1.807, 2.05) is 11.9 Å². The number of sulfonamides is 1. The smallest absolute Gasteiger partial charge is 0.289 e. The average Bonchev–Trinajstić information content (AvgIpc) is 2.63. The van der Waals surface area contributed by atoms with Crippen LogP contribution in [0.15, 0.2) is 23.1 Å². The van der Waals surface area contributed by atoms with E-state index >= 15 is 0 Å². The van der Waals surface area contributed by atoms with Crippen LogP contribution in [0, 0.1) is 10.1 Å². The van der Waals surface area contributed by atoms with Crippen LogP contribution in [-0.2, 0) is 10.0 Å². The van der Waals surface area contributed by atoms with E-state index in [-0.39, 0.29) is 10.6 Å². The largest absolute Gasteiger partial charge is 0.399 e. The maximum absolute atomic E-state index is 12.7. The van der Waals surface area contributed by atoms with Gasteiger partial charge in [-0.25, -0.2) is 8.42 Å². The van der Waals surface area contributed by atoms with E-state index in [0.717, 1.165) is 18.7 Å². The molecular formula is C12H18N4O4S. The SMILES string of the molecule is CN1CCCN(S(=O)(=O)c2cc(N)ccc2[N+](=O)[O-])CC1. The quantitative estimate of drug-likeness (QED) is 0.494. The summed E-state index contributed by atoms with van der Waals surface area (Å²) in [5, 5.41) is 11.1. The third-order valence-electron chi connectivity index (χ3n) is 3.48. The number of hydrogen-bond donors (Lipinski definition) is 1.